The second kappa shape index (κ2) is 8.90. The molecular weight excluding hydrogens is 457 g/mol. The number of fused-ring (bicyclic) bond motifs is 1. The van der Waals surface area contributed by atoms with Crippen molar-refractivity contribution in [3.63, 3.8) is 0 Å². The van der Waals surface area contributed by atoms with Crippen LogP contribution in [0.4, 0.5) is 16.0 Å². The molecule has 0 aliphatic heterocycles. The summed E-state index contributed by atoms with van der Waals surface area (Å²) in [6, 6.07) is 8.40. The molecule has 1 aliphatic rings. The van der Waals surface area contributed by atoms with Crippen LogP contribution >= 0.6 is 11.6 Å². The molecule has 8 nitrogen and oxygen atoms in total. The van der Waals surface area contributed by atoms with Crippen LogP contribution in [-0.4, -0.2) is 30.8 Å². The van der Waals surface area contributed by atoms with E-state index in [1.165, 1.54) is 12.3 Å². The van der Waals surface area contributed by atoms with E-state index in [9.17, 15) is 9.18 Å². The first-order valence-corrected chi connectivity index (χ1v) is 11.2. The van der Waals surface area contributed by atoms with Gasteiger partial charge in [0.15, 0.2) is 0 Å². The highest BCUT2D eigenvalue weighted by atomic mass is 35.5. The summed E-state index contributed by atoms with van der Waals surface area (Å²) in [6.07, 6.45) is 3.84. The van der Waals surface area contributed by atoms with Crippen LogP contribution in [0.25, 0.3) is 10.9 Å². The third-order valence-corrected chi connectivity index (χ3v) is 5.80. The number of halogens is 2. The Kier molecular flexibility index (Phi) is 5.79. The molecule has 2 atom stereocenters. The lowest BCUT2D eigenvalue weighted by atomic mass is 10.1. The summed E-state index contributed by atoms with van der Waals surface area (Å²) in [5.74, 6) is 1.39. The number of nitrogens with zero attached hydrogens (tertiary/aromatic N) is 5. The minimum Gasteiger partial charge on any atom is -0.366 e. The van der Waals surface area contributed by atoms with Crippen LogP contribution in [0.5, 0.6) is 0 Å². The molecule has 0 bridgehead atoms. The first-order valence-electron chi connectivity index (χ1n) is 10.8. The number of aromatic nitrogens is 5. The first-order chi connectivity index (χ1) is 16.4. The van der Waals surface area contributed by atoms with Crippen molar-refractivity contribution in [1.82, 2.24) is 24.9 Å². The lowest BCUT2D eigenvalue weighted by Gasteiger charge is -2.11. The lowest BCUT2D eigenvalue weighted by molar-refractivity contribution is -0.117. The number of amides is 1. The van der Waals surface area contributed by atoms with Crippen molar-refractivity contribution >= 4 is 40.0 Å². The van der Waals surface area contributed by atoms with Gasteiger partial charge in [-0.25, -0.2) is 24.3 Å². The highest BCUT2D eigenvalue weighted by Crippen LogP contribution is 2.46. The Bertz CT molecular complexity index is 1410. The molecule has 1 amide bonds. The monoisotopic (exact) mass is 477 g/mol. The summed E-state index contributed by atoms with van der Waals surface area (Å²) in [5, 5.41) is 7.09. The number of anilines is 2. The Morgan fingerprint density at radius 1 is 1.12 bits per heavy atom. The van der Waals surface area contributed by atoms with Gasteiger partial charge in [0, 0.05) is 47.9 Å². The summed E-state index contributed by atoms with van der Waals surface area (Å²) in [6.45, 7) is 3.96. The van der Waals surface area contributed by atoms with Crippen molar-refractivity contribution in [2.75, 3.05) is 10.6 Å². The van der Waals surface area contributed by atoms with E-state index < -0.39 is 5.82 Å². The summed E-state index contributed by atoms with van der Waals surface area (Å²) in [4.78, 5) is 34.2. The van der Waals surface area contributed by atoms with Crippen LogP contribution in [0.1, 0.15) is 35.2 Å². The minimum absolute atomic E-state index is 0.0197. The van der Waals surface area contributed by atoms with Gasteiger partial charge in [-0.15, -0.1) is 0 Å². The highest BCUT2D eigenvalue weighted by Gasteiger charge is 2.46. The van der Waals surface area contributed by atoms with E-state index in [0.717, 1.165) is 5.69 Å². The molecule has 0 saturated heterocycles. The predicted octanol–water partition coefficient (Wildman–Crippen LogP) is 4.58. The summed E-state index contributed by atoms with van der Waals surface area (Å²) >= 11 is 5.99. The molecule has 10 heteroatoms. The van der Waals surface area contributed by atoms with Crippen LogP contribution in [0, 0.1) is 25.6 Å². The Labute approximate surface area is 200 Å². The maximum atomic E-state index is 14.4. The van der Waals surface area contributed by atoms with Gasteiger partial charge in [-0.2, -0.15) is 0 Å². The average Bonchev–Trinajstić information content (AvgIpc) is 3.58. The van der Waals surface area contributed by atoms with Crippen molar-refractivity contribution in [2.24, 2.45) is 5.92 Å². The molecule has 3 heterocycles. The fourth-order valence-corrected chi connectivity index (χ4v) is 4.06. The number of aryl methyl sites for hydroxylation is 2. The minimum atomic E-state index is -0.422. The molecule has 172 valence electrons. The van der Waals surface area contributed by atoms with E-state index in [2.05, 4.69) is 35.6 Å². The molecule has 1 saturated carbocycles. The fourth-order valence-electron chi connectivity index (χ4n) is 3.89. The number of hydrogen-bond acceptors (Lipinski definition) is 7. The number of pyridine rings is 1. The van der Waals surface area contributed by atoms with Gasteiger partial charge in [-0.3, -0.25) is 9.78 Å². The van der Waals surface area contributed by atoms with Crippen molar-refractivity contribution in [1.29, 1.82) is 0 Å². The molecule has 1 aliphatic carbocycles. The van der Waals surface area contributed by atoms with E-state index in [4.69, 9.17) is 11.6 Å². The van der Waals surface area contributed by atoms with Crippen LogP contribution in [0.3, 0.4) is 0 Å². The Hall–Kier alpha value is -3.72. The number of rotatable bonds is 6. The zero-order chi connectivity index (χ0) is 23.8. The van der Waals surface area contributed by atoms with Gasteiger partial charge >= 0.3 is 0 Å². The quantitative estimate of drug-likeness (QED) is 0.418. The average molecular weight is 478 g/mol. The summed E-state index contributed by atoms with van der Waals surface area (Å²) in [7, 11) is 0. The van der Waals surface area contributed by atoms with Crippen molar-refractivity contribution in [3.05, 3.63) is 76.5 Å². The van der Waals surface area contributed by atoms with Gasteiger partial charge in [-0.05, 0) is 50.1 Å². The third-order valence-electron chi connectivity index (χ3n) is 5.60. The molecule has 1 fully saturated rings. The largest absolute Gasteiger partial charge is 0.366 e. The fraction of sp³-hybridized carbons (Fsp3) is 0.250. The molecular formula is C24H21ClFN7O. The number of carbonyl (C=O) groups is 1. The van der Waals surface area contributed by atoms with Crippen LogP contribution in [-0.2, 0) is 11.3 Å². The number of nitrogens with one attached hydrogen (secondary N) is 2. The SMILES string of the molecule is Cc1ccnc(C2C[C@@H]2C(=O)Nc2cc(NCc3cc(F)c4ncc(Cl)cc4c3)nc(C)n2)n1. The maximum absolute atomic E-state index is 14.4. The van der Waals surface area contributed by atoms with Crippen LogP contribution in [0.15, 0.2) is 42.7 Å². The molecule has 34 heavy (non-hydrogen) atoms. The molecule has 3 aromatic heterocycles. The van der Waals surface area contributed by atoms with E-state index in [1.807, 2.05) is 19.1 Å². The number of carbonyl (C=O) groups excluding carboxylic acids is 1. The summed E-state index contributed by atoms with van der Waals surface area (Å²) < 4.78 is 14.4. The zero-order valence-electron chi connectivity index (χ0n) is 18.5. The van der Waals surface area contributed by atoms with Gasteiger partial charge in [0.1, 0.15) is 34.6 Å². The van der Waals surface area contributed by atoms with Crippen molar-refractivity contribution in [3.8, 4) is 0 Å². The standard InChI is InChI=1S/C24H21ClFN7O/c1-12-3-4-27-23(30-12)17-8-18(17)24(34)33-21-9-20(31-13(2)32-21)28-10-14-5-15-7-16(25)11-29-22(15)19(26)6-14/h3-7,9,11,17-18H,8,10H2,1-2H3,(H2,28,31,32,33,34)/t17?,18-/m0/s1. The van der Waals surface area contributed by atoms with E-state index in [-0.39, 0.29) is 23.3 Å². The molecule has 0 spiro atoms. The zero-order valence-corrected chi connectivity index (χ0v) is 19.3. The predicted molar refractivity (Wildman–Crippen MR) is 127 cm³/mol. The van der Waals surface area contributed by atoms with Gasteiger partial charge in [0.05, 0.1) is 5.02 Å². The molecule has 2 N–H and O–H groups in total. The summed E-state index contributed by atoms with van der Waals surface area (Å²) in [5.41, 5.74) is 1.85. The second-order valence-electron chi connectivity index (χ2n) is 8.34. The van der Waals surface area contributed by atoms with Gasteiger partial charge in [0.2, 0.25) is 5.91 Å². The highest BCUT2D eigenvalue weighted by molar-refractivity contribution is 6.31. The van der Waals surface area contributed by atoms with Crippen molar-refractivity contribution < 1.29 is 9.18 Å². The molecule has 5 rings (SSSR count). The van der Waals surface area contributed by atoms with E-state index in [1.54, 1.807) is 25.3 Å². The Morgan fingerprint density at radius 3 is 2.76 bits per heavy atom. The first kappa shape index (κ1) is 22.1. The molecule has 0 radical (unpaired) electrons. The van der Waals surface area contributed by atoms with Gasteiger partial charge in [0.25, 0.3) is 0 Å². The lowest BCUT2D eigenvalue weighted by Crippen LogP contribution is -2.17. The van der Waals surface area contributed by atoms with Gasteiger partial charge in [-0.1, -0.05) is 11.6 Å². The number of hydrogen-bond donors (Lipinski definition) is 2. The topological polar surface area (TPSA) is 106 Å². The van der Waals surface area contributed by atoms with E-state index >= 15 is 0 Å². The Morgan fingerprint density at radius 2 is 1.94 bits per heavy atom. The molecule has 1 aromatic carbocycles. The molecule has 4 aromatic rings. The smallest absolute Gasteiger partial charge is 0.229 e. The second-order valence-corrected chi connectivity index (χ2v) is 8.77. The van der Waals surface area contributed by atoms with Gasteiger partial charge < -0.3 is 10.6 Å². The normalized spacial score (nSPS) is 16.9. The molecule has 1 unspecified atom stereocenters. The van der Waals surface area contributed by atoms with Crippen LogP contribution in [0.2, 0.25) is 5.02 Å². The maximum Gasteiger partial charge on any atom is 0.229 e. The Balaban J connectivity index is 1.26. The third kappa shape index (κ3) is 4.79. The van der Waals surface area contributed by atoms with E-state index in [0.29, 0.717) is 52.2 Å². The van der Waals surface area contributed by atoms with Crippen molar-refractivity contribution in [2.45, 2.75) is 32.7 Å². The number of benzene rings is 1. The van der Waals surface area contributed by atoms with Crippen LogP contribution < -0.4 is 10.6 Å².